The lowest BCUT2D eigenvalue weighted by atomic mass is 10.0. The molecule has 1 fully saturated rings. The van der Waals surface area contributed by atoms with Crippen molar-refractivity contribution in [3.05, 3.63) is 58.8 Å². The van der Waals surface area contributed by atoms with Crippen molar-refractivity contribution in [2.75, 3.05) is 25.1 Å². The predicted octanol–water partition coefficient (Wildman–Crippen LogP) is 4.34. The molecule has 1 aliphatic rings. The zero-order valence-electron chi connectivity index (χ0n) is 16.0. The van der Waals surface area contributed by atoms with E-state index in [1.807, 2.05) is 23.5 Å². The van der Waals surface area contributed by atoms with Gasteiger partial charge in [-0.1, -0.05) is 11.6 Å². The van der Waals surface area contributed by atoms with E-state index in [9.17, 15) is 9.18 Å². The molecule has 1 aromatic carbocycles. The molecule has 3 heterocycles. The summed E-state index contributed by atoms with van der Waals surface area (Å²) in [5.41, 5.74) is 2.75. The second-order valence-corrected chi connectivity index (χ2v) is 7.61. The molecular weight excluding hydrogens is 395 g/mol. The summed E-state index contributed by atoms with van der Waals surface area (Å²) in [7, 11) is 0. The maximum atomic E-state index is 13.4. The maximum Gasteiger partial charge on any atom is 0.269 e. The number of nitrogens with one attached hydrogen (secondary N) is 2. The Morgan fingerprint density at radius 1 is 1.31 bits per heavy atom. The number of ether oxygens (including phenoxy) is 1. The summed E-state index contributed by atoms with van der Waals surface area (Å²) >= 11 is 5.87. The number of aryl methyl sites for hydroxylation is 1. The smallest absolute Gasteiger partial charge is 0.269 e. The number of amides is 1. The first-order chi connectivity index (χ1) is 14.0. The molecule has 2 aromatic heterocycles. The van der Waals surface area contributed by atoms with Gasteiger partial charge in [-0.2, -0.15) is 0 Å². The second kappa shape index (κ2) is 8.39. The molecule has 152 valence electrons. The molecule has 0 saturated carbocycles. The van der Waals surface area contributed by atoms with Crippen LogP contribution in [-0.4, -0.2) is 35.1 Å². The van der Waals surface area contributed by atoms with Gasteiger partial charge < -0.3 is 19.8 Å². The van der Waals surface area contributed by atoms with E-state index < -0.39 is 5.82 Å². The third-order valence-electron chi connectivity index (χ3n) is 5.18. The molecule has 0 spiro atoms. The summed E-state index contributed by atoms with van der Waals surface area (Å²) in [6.45, 7) is 4.05. The Morgan fingerprint density at radius 2 is 2.10 bits per heavy atom. The Labute approximate surface area is 173 Å². The lowest BCUT2D eigenvalue weighted by molar-refractivity contribution is 0.0642. The summed E-state index contributed by atoms with van der Waals surface area (Å²) in [4.78, 5) is 17.3. The van der Waals surface area contributed by atoms with E-state index in [2.05, 4.69) is 15.6 Å². The number of aromatic nitrogens is 2. The van der Waals surface area contributed by atoms with Gasteiger partial charge in [-0.05, 0) is 56.0 Å². The van der Waals surface area contributed by atoms with Crippen LogP contribution in [0, 0.1) is 18.7 Å². The number of carbonyl (C=O) groups excluding carboxylic acids is 1. The van der Waals surface area contributed by atoms with Crippen molar-refractivity contribution in [2.24, 2.45) is 5.92 Å². The van der Waals surface area contributed by atoms with Gasteiger partial charge in [-0.25, -0.2) is 9.37 Å². The van der Waals surface area contributed by atoms with Crippen LogP contribution >= 0.6 is 11.6 Å². The van der Waals surface area contributed by atoms with Crippen molar-refractivity contribution in [1.29, 1.82) is 0 Å². The third kappa shape index (κ3) is 4.21. The number of fused-ring (bicyclic) bond motifs is 1. The van der Waals surface area contributed by atoms with E-state index in [-0.39, 0.29) is 10.9 Å². The largest absolute Gasteiger partial charge is 0.381 e. The molecule has 0 radical (unpaired) electrons. The number of halogens is 2. The molecule has 4 rings (SSSR count). The lowest BCUT2D eigenvalue weighted by Gasteiger charge is -2.22. The van der Waals surface area contributed by atoms with Gasteiger partial charge in [0.05, 0.1) is 16.7 Å². The van der Waals surface area contributed by atoms with Crippen molar-refractivity contribution >= 4 is 34.5 Å². The summed E-state index contributed by atoms with van der Waals surface area (Å²) in [5.74, 6) is 0.350. The number of nitrogens with zero attached hydrogens (tertiary/aromatic N) is 2. The first-order valence-electron chi connectivity index (χ1n) is 9.58. The Kier molecular flexibility index (Phi) is 5.69. The minimum atomic E-state index is -0.481. The normalized spacial score (nSPS) is 14.9. The molecule has 0 aliphatic carbocycles. The van der Waals surface area contributed by atoms with Crippen LogP contribution in [0.2, 0.25) is 5.02 Å². The first kappa shape index (κ1) is 19.7. The molecule has 6 nitrogen and oxygen atoms in total. The number of rotatable bonds is 5. The minimum Gasteiger partial charge on any atom is -0.381 e. The molecular formula is C21H22ClFN4O2. The van der Waals surface area contributed by atoms with Gasteiger partial charge in [0.2, 0.25) is 0 Å². The molecule has 8 heteroatoms. The van der Waals surface area contributed by atoms with E-state index in [1.54, 1.807) is 12.3 Å². The molecule has 2 N–H and O–H groups in total. The lowest BCUT2D eigenvalue weighted by Crippen LogP contribution is -2.33. The summed E-state index contributed by atoms with van der Waals surface area (Å²) < 4.78 is 20.6. The number of carbonyl (C=O) groups is 1. The van der Waals surface area contributed by atoms with Crippen molar-refractivity contribution in [2.45, 2.75) is 19.8 Å². The molecule has 1 amide bonds. The summed E-state index contributed by atoms with van der Waals surface area (Å²) in [5, 5.41) is 6.20. The quantitative estimate of drug-likeness (QED) is 0.649. The van der Waals surface area contributed by atoms with Gasteiger partial charge in [0.25, 0.3) is 5.91 Å². The summed E-state index contributed by atoms with van der Waals surface area (Å²) in [6, 6.07) is 8.20. The average Bonchev–Trinajstić information content (AvgIpc) is 3.12. The van der Waals surface area contributed by atoms with Crippen LogP contribution in [0.15, 0.2) is 36.5 Å². The SMILES string of the molecule is Cc1ccc2c(Nc3ccc(F)c(Cl)c3)ncc(C(=O)NCC3CCOCC3)n12. The number of anilines is 2. The standard InChI is InChI=1S/C21H22ClFN4O2/c1-13-2-5-18-20(26-15-3-4-17(23)16(22)10-15)24-12-19(27(13)18)21(28)25-11-14-6-8-29-9-7-14/h2-5,10,12,14H,6-9,11H2,1H3,(H,24,26)(H,25,28). The highest BCUT2D eigenvalue weighted by atomic mass is 35.5. The summed E-state index contributed by atoms with van der Waals surface area (Å²) in [6.07, 6.45) is 3.46. The molecule has 1 aliphatic heterocycles. The monoisotopic (exact) mass is 416 g/mol. The fourth-order valence-electron chi connectivity index (χ4n) is 3.54. The van der Waals surface area contributed by atoms with E-state index >= 15 is 0 Å². The molecule has 3 aromatic rings. The van der Waals surface area contributed by atoms with Crippen molar-refractivity contribution in [3.8, 4) is 0 Å². The van der Waals surface area contributed by atoms with Crippen LogP contribution in [0.3, 0.4) is 0 Å². The highest BCUT2D eigenvalue weighted by molar-refractivity contribution is 6.31. The Morgan fingerprint density at radius 3 is 2.86 bits per heavy atom. The van der Waals surface area contributed by atoms with Crippen LogP contribution in [0.5, 0.6) is 0 Å². The van der Waals surface area contributed by atoms with Crippen LogP contribution in [0.4, 0.5) is 15.9 Å². The van der Waals surface area contributed by atoms with Gasteiger partial charge in [-0.15, -0.1) is 0 Å². The van der Waals surface area contributed by atoms with Crippen LogP contribution in [0.25, 0.3) is 5.52 Å². The molecule has 0 bridgehead atoms. The minimum absolute atomic E-state index is 0.0293. The number of hydrogen-bond donors (Lipinski definition) is 2. The Bertz CT molecular complexity index is 1050. The highest BCUT2D eigenvalue weighted by Gasteiger charge is 2.19. The van der Waals surface area contributed by atoms with E-state index in [4.69, 9.17) is 16.3 Å². The second-order valence-electron chi connectivity index (χ2n) is 7.21. The average molecular weight is 417 g/mol. The van der Waals surface area contributed by atoms with Gasteiger partial charge in [-0.3, -0.25) is 4.79 Å². The predicted molar refractivity (Wildman–Crippen MR) is 110 cm³/mol. The van der Waals surface area contributed by atoms with Crippen molar-refractivity contribution in [1.82, 2.24) is 14.7 Å². The van der Waals surface area contributed by atoms with Crippen LogP contribution < -0.4 is 10.6 Å². The Balaban J connectivity index is 1.58. The first-order valence-corrected chi connectivity index (χ1v) is 9.96. The van der Waals surface area contributed by atoms with E-state index in [0.717, 1.165) is 37.3 Å². The molecule has 0 unspecified atom stereocenters. The fraction of sp³-hybridized carbons (Fsp3) is 0.333. The molecule has 1 saturated heterocycles. The number of benzene rings is 1. The van der Waals surface area contributed by atoms with Crippen LogP contribution in [0.1, 0.15) is 29.0 Å². The zero-order chi connectivity index (χ0) is 20.4. The van der Waals surface area contributed by atoms with Gasteiger partial charge in [0.15, 0.2) is 5.82 Å². The maximum absolute atomic E-state index is 13.4. The Hall–Kier alpha value is -2.64. The highest BCUT2D eigenvalue weighted by Crippen LogP contribution is 2.26. The molecule has 29 heavy (non-hydrogen) atoms. The molecule has 0 atom stereocenters. The van der Waals surface area contributed by atoms with E-state index in [1.165, 1.54) is 12.1 Å². The van der Waals surface area contributed by atoms with Crippen LogP contribution in [-0.2, 0) is 4.74 Å². The fourth-order valence-corrected chi connectivity index (χ4v) is 3.72. The van der Waals surface area contributed by atoms with Gasteiger partial charge in [0, 0.05) is 31.1 Å². The van der Waals surface area contributed by atoms with Gasteiger partial charge in [0.1, 0.15) is 11.5 Å². The third-order valence-corrected chi connectivity index (χ3v) is 5.47. The van der Waals surface area contributed by atoms with Gasteiger partial charge >= 0.3 is 0 Å². The van der Waals surface area contributed by atoms with E-state index in [0.29, 0.717) is 29.7 Å². The van der Waals surface area contributed by atoms with Crippen molar-refractivity contribution < 1.29 is 13.9 Å². The van der Waals surface area contributed by atoms with Crippen molar-refractivity contribution in [3.63, 3.8) is 0 Å². The number of hydrogen-bond acceptors (Lipinski definition) is 4. The zero-order valence-corrected chi connectivity index (χ0v) is 16.8. The topological polar surface area (TPSA) is 67.7 Å².